The van der Waals surface area contributed by atoms with Crippen molar-refractivity contribution >= 4 is 17.4 Å². The predicted molar refractivity (Wildman–Crippen MR) is 134 cm³/mol. The molecule has 9 heteroatoms. The third-order valence-electron chi connectivity index (χ3n) is 6.73. The van der Waals surface area contributed by atoms with Gasteiger partial charge in [0.1, 0.15) is 11.4 Å². The Bertz CT molecular complexity index is 993. The molecule has 0 aliphatic carbocycles. The highest BCUT2D eigenvalue weighted by Gasteiger charge is 2.33. The zero-order valence-electron chi connectivity index (χ0n) is 20.6. The van der Waals surface area contributed by atoms with Crippen LogP contribution in [0.4, 0.5) is 16.2 Å². The zero-order chi connectivity index (χ0) is 24.1. The van der Waals surface area contributed by atoms with Crippen molar-refractivity contribution in [2.24, 2.45) is 0 Å². The van der Waals surface area contributed by atoms with E-state index in [0.29, 0.717) is 24.7 Å². The minimum atomic E-state index is -0.117. The number of nitrogens with zero attached hydrogens (tertiary/aromatic N) is 4. The minimum absolute atomic E-state index is 0.117. The first-order chi connectivity index (χ1) is 16.5. The van der Waals surface area contributed by atoms with E-state index in [-0.39, 0.29) is 12.2 Å². The average Bonchev–Trinajstić information content (AvgIpc) is 2.89. The van der Waals surface area contributed by atoms with Gasteiger partial charge in [0, 0.05) is 51.5 Å². The second kappa shape index (κ2) is 10.9. The number of pyridine rings is 1. The van der Waals surface area contributed by atoms with Crippen LogP contribution >= 0.6 is 0 Å². The average molecular weight is 469 g/mol. The second-order valence-corrected chi connectivity index (χ2v) is 8.65. The first-order valence-electron chi connectivity index (χ1n) is 12.0. The van der Waals surface area contributed by atoms with Crippen LogP contribution in [0, 0.1) is 6.92 Å². The quantitative estimate of drug-likeness (QED) is 0.674. The molecule has 0 bridgehead atoms. The molecule has 0 spiro atoms. The fraction of sp³-hybridized carbons (Fsp3) is 0.520. The largest absolute Gasteiger partial charge is 0.495 e. The smallest absolute Gasteiger partial charge is 0.322 e. The number of para-hydroxylation sites is 2. The lowest BCUT2D eigenvalue weighted by atomic mass is 10.1. The molecule has 3 heterocycles. The lowest BCUT2D eigenvalue weighted by molar-refractivity contribution is 0.104. The summed E-state index contributed by atoms with van der Waals surface area (Å²) in [6, 6.07) is 10.0. The van der Waals surface area contributed by atoms with Crippen LogP contribution in [0.15, 0.2) is 30.3 Å². The summed E-state index contributed by atoms with van der Waals surface area (Å²) in [6.45, 7) is 9.67. The van der Waals surface area contributed by atoms with Crippen LogP contribution in [0.2, 0.25) is 0 Å². The summed E-state index contributed by atoms with van der Waals surface area (Å²) >= 11 is 0. The van der Waals surface area contributed by atoms with Gasteiger partial charge in [-0.1, -0.05) is 19.1 Å². The molecule has 2 fully saturated rings. The zero-order valence-corrected chi connectivity index (χ0v) is 20.6. The summed E-state index contributed by atoms with van der Waals surface area (Å²) < 4.78 is 11.0. The maximum Gasteiger partial charge on any atom is 0.322 e. The number of ether oxygens (including phenoxy) is 2. The fourth-order valence-electron chi connectivity index (χ4n) is 4.81. The molecule has 2 aliphatic rings. The third-order valence-corrected chi connectivity index (χ3v) is 6.73. The van der Waals surface area contributed by atoms with E-state index in [1.807, 2.05) is 30.0 Å². The molecule has 2 N–H and O–H groups in total. The molecule has 2 aliphatic heterocycles. The number of benzene rings is 1. The Kier molecular flexibility index (Phi) is 7.74. The first-order valence-corrected chi connectivity index (χ1v) is 12.0. The maximum absolute atomic E-state index is 13.0. The number of amides is 2. The lowest BCUT2D eigenvalue weighted by Gasteiger charge is -2.47. The fourth-order valence-corrected chi connectivity index (χ4v) is 4.81. The lowest BCUT2D eigenvalue weighted by Crippen LogP contribution is -2.63. The topological polar surface area (TPSA) is 82.2 Å². The summed E-state index contributed by atoms with van der Waals surface area (Å²) in [7, 11) is 3.29. The third kappa shape index (κ3) is 5.05. The van der Waals surface area contributed by atoms with Crippen molar-refractivity contribution in [2.45, 2.75) is 26.4 Å². The van der Waals surface area contributed by atoms with E-state index < -0.39 is 0 Å². The van der Waals surface area contributed by atoms with Crippen LogP contribution in [-0.4, -0.2) is 87.0 Å². The Morgan fingerprint density at radius 1 is 1.15 bits per heavy atom. The van der Waals surface area contributed by atoms with Crippen molar-refractivity contribution in [1.29, 1.82) is 0 Å². The van der Waals surface area contributed by atoms with Crippen molar-refractivity contribution in [3.05, 3.63) is 41.6 Å². The van der Waals surface area contributed by atoms with Gasteiger partial charge in [0.05, 0.1) is 26.1 Å². The molecular weight excluding hydrogens is 432 g/mol. The Labute approximate surface area is 202 Å². The number of hydrogen-bond acceptors (Lipinski definition) is 7. The molecule has 1 aromatic carbocycles. The molecule has 184 valence electrons. The molecule has 1 aromatic heterocycles. The van der Waals surface area contributed by atoms with Crippen molar-refractivity contribution in [3.63, 3.8) is 0 Å². The molecule has 0 saturated carbocycles. The summed E-state index contributed by atoms with van der Waals surface area (Å²) in [4.78, 5) is 24.3. The monoisotopic (exact) mass is 468 g/mol. The predicted octanol–water partition coefficient (Wildman–Crippen LogP) is 2.56. The molecule has 2 aromatic rings. The van der Waals surface area contributed by atoms with Gasteiger partial charge >= 0.3 is 6.03 Å². The number of piperazine rings is 2. The number of urea groups is 1. The van der Waals surface area contributed by atoms with Gasteiger partial charge in [-0.05, 0) is 37.1 Å². The summed E-state index contributed by atoms with van der Waals surface area (Å²) in [5.74, 6) is 1.34. The molecule has 34 heavy (non-hydrogen) atoms. The Morgan fingerprint density at radius 3 is 2.62 bits per heavy atom. The highest BCUT2D eigenvalue weighted by molar-refractivity contribution is 5.90. The van der Waals surface area contributed by atoms with E-state index in [4.69, 9.17) is 9.47 Å². The number of nitrogens with one attached hydrogen (secondary N) is 2. The van der Waals surface area contributed by atoms with E-state index in [2.05, 4.69) is 44.5 Å². The van der Waals surface area contributed by atoms with Crippen molar-refractivity contribution in [2.75, 3.05) is 70.2 Å². The molecule has 4 rings (SSSR count). The first kappa shape index (κ1) is 24.1. The molecule has 1 atom stereocenters. The van der Waals surface area contributed by atoms with Gasteiger partial charge in [0.15, 0.2) is 0 Å². The van der Waals surface area contributed by atoms with Gasteiger partial charge in [-0.3, -0.25) is 4.90 Å². The summed E-state index contributed by atoms with van der Waals surface area (Å²) in [5.41, 5.74) is 3.76. The normalized spacial score (nSPS) is 19.1. The van der Waals surface area contributed by atoms with Crippen LogP contribution in [-0.2, 0) is 6.42 Å². The number of methoxy groups -OCH3 is 2. The highest BCUT2D eigenvalue weighted by atomic mass is 16.5. The van der Waals surface area contributed by atoms with E-state index in [1.54, 1.807) is 14.2 Å². The van der Waals surface area contributed by atoms with Crippen LogP contribution in [0.3, 0.4) is 0 Å². The SMILES string of the molecule is CCc1cc(NC(=O)N2CCN(C3CNCCN3c3ccccc3OC)CC2)c(OC)nc1C. The van der Waals surface area contributed by atoms with Crippen LogP contribution in [0.1, 0.15) is 18.2 Å². The number of carbonyl (C=O) groups is 1. The molecule has 2 saturated heterocycles. The number of aryl methyl sites for hydroxylation is 2. The van der Waals surface area contributed by atoms with Gasteiger partial charge in [-0.15, -0.1) is 0 Å². The Balaban J connectivity index is 1.41. The van der Waals surface area contributed by atoms with Crippen LogP contribution in [0.25, 0.3) is 0 Å². The number of hydrogen-bond donors (Lipinski definition) is 2. The Hall–Kier alpha value is -3.04. The van der Waals surface area contributed by atoms with E-state index >= 15 is 0 Å². The van der Waals surface area contributed by atoms with Gasteiger partial charge in [-0.2, -0.15) is 0 Å². The van der Waals surface area contributed by atoms with Crippen LogP contribution < -0.4 is 25.0 Å². The number of rotatable bonds is 6. The van der Waals surface area contributed by atoms with Crippen LogP contribution in [0.5, 0.6) is 11.6 Å². The van der Waals surface area contributed by atoms with Crippen molar-refractivity contribution in [3.8, 4) is 11.6 Å². The van der Waals surface area contributed by atoms with Gasteiger partial charge in [-0.25, -0.2) is 9.78 Å². The van der Waals surface area contributed by atoms with Gasteiger partial charge in [0.25, 0.3) is 0 Å². The minimum Gasteiger partial charge on any atom is -0.495 e. The van der Waals surface area contributed by atoms with E-state index in [0.717, 1.165) is 61.8 Å². The second-order valence-electron chi connectivity index (χ2n) is 8.65. The van der Waals surface area contributed by atoms with Crippen molar-refractivity contribution < 1.29 is 14.3 Å². The van der Waals surface area contributed by atoms with Crippen molar-refractivity contribution in [1.82, 2.24) is 20.1 Å². The molecule has 2 amide bonds. The number of aromatic nitrogens is 1. The molecule has 9 nitrogen and oxygen atoms in total. The highest BCUT2D eigenvalue weighted by Crippen LogP contribution is 2.31. The summed E-state index contributed by atoms with van der Waals surface area (Å²) in [5, 5.41) is 6.54. The van der Waals surface area contributed by atoms with E-state index in [9.17, 15) is 4.79 Å². The Morgan fingerprint density at radius 2 is 1.91 bits per heavy atom. The van der Waals surface area contributed by atoms with Gasteiger partial charge in [0.2, 0.25) is 5.88 Å². The molecular formula is C25H36N6O3. The van der Waals surface area contributed by atoms with Gasteiger partial charge < -0.3 is 29.9 Å². The molecule has 0 radical (unpaired) electrons. The van der Waals surface area contributed by atoms with E-state index in [1.165, 1.54) is 0 Å². The number of carbonyl (C=O) groups excluding carboxylic acids is 1. The molecule has 1 unspecified atom stereocenters. The summed E-state index contributed by atoms with van der Waals surface area (Å²) in [6.07, 6.45) is 1.06. The standard InChI is InChI=1S/C25H36N6O3/c1-5-19-16-20(24(34-4)27-18(19)2)28-25(32)30-14-12-29(13-15-30)23-17-26-10-11-31(23)21-8-6-7-9-22(21)33-3/h6-9,16,23,26H,5,10-15,17H2,1-4H3,(H,28,32). The number of anilines is 2. The maximum atomic E-state index is 13.0.